The van der Waals surface area contributed by atoms with Gasteiger partial charge in [0, 0.05) is 16.8 Å². The average Bonchev–Trinajstić information content (AvgIpc) is 2.38. The molecule has 104 valence electrons. The number of anilines is 1. The Morgan fingerprint density at radius 1 is 1.30 bits per heavy atom. The smallest absolute Gasteiger partial charge is 0.259 e. The highest BCUT2D eigenvalue weighted by atomic mass is 35.5. The Morgan fingerprint density at radius 2 is 2.05 bits per heavy atom. The molecule has 0 saturated carbocycles. The lowest BCUT2D eigenvalue weighted by Gasteiger charge is -2.08. The van der Waals surface area contributed by atoms with E-state index in [9.17, 15) is 14.3 Å². The van der Waals surface area contributed by atoms with Crippen LogP contribution in [0.15, 0.2) is 36.4 Å². The van der Waals surface area contributed by atoms with Gasteiger partial charge < -0.3 is 15.2 Å². The Bertz CT molecular complexity index is 661. The summed E-state index contributed by atoms with van der Waals surface area (Å²) in [7, 11) is 1.35. The molecule has 0 atom stereocenters. The van der Waals surface area contributed by atoms with Crippen molar-refractivity contribution in [2.75, 3.05) is 12.4 Å². The SMILES string of the molecule is COc1ccc(NC(=O)c2ccc(Cl)cc2O)cc1F. The van der Waals surface area contributed by atoms with Gasteiger partial charge in [0.15, 0.2) is 11.6 Å². The second kappa shape index (κ2) is 5.79. The van der Waals surface area contributed by atoms with Crippen molar-refractivity contribution in [3.05, 3.63) is 52.8 Å². The lowest BCUT2D eigenvalue weighted by Crippen LogP contribution is -2.12. The monoisotopic (exact) mass is 295 g/mol. The first-order valence-electron chi connectivity index (χ1n) is 5.64. The first-order valence-corrected chi connectivity index (χ1v) is 6.02. The van der Waals surface area contributed by atoms with E-state index >= 15 is 0 Å². The summed E-state index contributed by atoms with van der Waals surface area (Å²) in [6, 6.07) is 8.13. The molecular formula is C14H11ClFNO3. The number of rotatable bonds is 3. The third kappa shape index (κ3) is 3.00. The van der Waals surface area contributed by atoms with Gasteiger partial charge in [-0.1, -0.05) is 11.6 Å². The van der Waals surface area contributed by atoms with Gasteiger partial charge in [-0.15, -0.1) is 0 Å². The maximum absolute atomic E-state index is 13.5. The van der Waals surface area contributed by atoms with E-state index in [1.807, 2.05) is 0 Å². The van der Waals surface area contributed by atoms with Crippen LogP contribution in [-0.4, -0.2) is 18.1 Å². The number of methoxy groups -OCH3 is 1. The molecule has 0 spiro atoms. The molecule has 0 aliphatic heterocycles. The molecule has 1 amide bonds. The Kier molecular flexibility index (Phi) is 4.10. The quantitative estimate of drug-likeness (QED) is 0.912. The molecule has 2 aromatic rings. The van der Waals surface area contributed by atoms with E-state index in [0.29, 0.717) is 5.02 Å². The van der Waals surface area contributed by atoms with Crippen LogP contribution in [0, 0.1) is 5.82 Å². The molecule has 2 N–H and O–H groups in total. The lowest BCUT2D eigenvalue weighted by molar-refractivity contribution is 0.102. The zero-order chi connectivity index (χ0) is 14.7. The van der Waals surface area contributed by atoms with Gasteiger partial charge in [0.05, 0.1) is 12.7 Å². The third-order valence-corrected chi connectivity index (χ3v) is 2.85. The van der Waals surface area contributed by atoms with Crippen LogP contribution in [0.5, 0.6) is 11.5 Å². The fourth-order valence-electron chi connectivity index (χ4n) is 1.64. The molecule has 4 nitrogen and oxygen atoms in total. The van der Waals surface area contributed by atoms with Crippen molar-refractivity contribution in [3.63, 3.8) is 0 Å². The van der Waals surface area contributed by atoms with Crippen LogP contribution < -0.4 is 10.1 Å². The Labute approximate surface area is 119 Å². The van der Waals surface area contributed by atoms with Gasteiger partial charge >= 0.3 is 0 Å². The largest absolute Gasteiger partial charge is 0.507 e. The number of carbonyl (C=O) groups is 1. The van der Waals surface area contributed by atoms with Crippen molar-refractivity contribution < 1.29 is 19.0 Å². The predicted octanol–water partition coefficient (Wildman–Crippen LogP) is 3.45. The van der Waals surface area contributed by atoms with Crippen molar-refractivity contribution in [1.82, 2.24) is 0 Å². The minimum atomic E-state index is -0.592. The molecule has 2 rings (SSSR count). The fourth-order valence-corrected chi connectivity index (χ4v) is 1.81. The molecule has 0 saturated heterocycles. The molecule has 0 fully saturated rings. The van der Waals surface area contributed by atoms with Crippen LogP contribution in [0.2, 0.25) is 5.02 Å². The van der Waals surface area contributed by atoms with Crippen molar-refractivity contribution in [3.8, 4) is 11.5 Å². The summed E-state index contributed by atoms with van der Waals surface area (Å²) in [5, 5.41) is 12.4. The first kappa shape index (κ1) is 14.1. The fraction of sp³-hybridized carbons (Fsp3) is 0.0714. The summed E-state index contributed by atoms with van der Waals surface area (Å²) in [5.41, 5.74) is 0.299. The van der Waals surface area contributed by atoms with Crippen LogP contribution in [0.4, 0.5) is 10.1 Å². The van der Waals surface area contributed by atoms with Crippen LogP contribution in [-0.2, 0) is 0 Å². The summed E-state index contributed by atoms with van der Waals surface area (Å²) >= 11 is 5.68. The molecule has 0 aliphatic carbocycles. The highest BCUT2D eigenvalue weighted by Gasteiger charge is 2.12. The maximum atomic E-state index is 13.5. The number of phenols is 1. The lowest BCUT2D eigenvalue weighted by atomic mass is 10.2. The second-order valence-corrected chi connectivity index (χ2v) is 4.40. The minimum absolute atomic E-state index is 0.0469. The summed E-state index contributed by atoms with van der Waals surface area (Å²) < 4.78 is 18.3. The molecule has 0 aliphatic rings. The van der Waals surface area contributed by atoms with E-state index in [1.54, 1.807) is 0 Å². The van der Waals surface area contributed by atoms with Crippen LogP contribution in [0.25, 0.3) is 0 Å². The summed E-state index contributed by atoms with van der Waals surface area (Å²) in [5.74, 6) is -1.32. The number of aromatic hydroxyl groups is 1. The van der Waals surface area contributed by atoms with Crippen LogP contribution >= 0.6 is 11.6 Å². The highest BCUT2D eigenvalue weighted by molar-refractivity contribution is 6.30. The standard InChI is InChI=1S/C14H11ClFNO3/c1-20-13-5-3-9(7-11(13)16)17-14(19)10-4-2-8(15)6-12(10)18/h2-7,18H,1H3,(H,17,19). The predicted molar refractivity (Wildman–Crippen MR) is 74.0 cm³/mol. The van der Waals surface area contributed by atoms with Gasteiger partial charge in [-0.25, -0.2) is 4.39 Å². The molecule has 0 aromatic heterocycles. The van der Waals surface area contributed by atoms with Crippen molar-refractivity contribution in [2.45, 2.75) is 0 Å². The second-order valence-electron chi connectivity index (χ2n) is 3.96. The number of hydrogen-bond acceptors (Lipinski definition) is 3. The molecule has 0 heterocycles. The number of halogens is 2. The van der Waals surface area contributed by atoms with Gasteiger partial charge in [0.2, 0.25) is 0 Å². The number of hydrogen-bond donors (Lipinski definition) is 2. The van der Waals surface area contributed by atoms with Gasteiger partial charge in [-0.05, 0) is 30.3 Å². The molecular weight excluding hydrogens is 285 g/mol. The van der Waals surface area contributed by atoms with E-state index in [1.165, 1.54) is 37.4 Å². The Morgan fingerprint density at radius 3 is 2.65 bits per heavy atom. The molecule has 0 radical (unpaired) electrons. The van der Waals surface area contributed by atoms with E-state index in [-0.39, 0.29) is 22.7 Å². The van der Waals surface area contributed by atoms with Crippen molar-refractivity contribution in [1.29, 1.82) is 0 Å². The normalized spacial score (nSPS) is 10.2. The van der Waals surface area contributed by atoms with Gasteiger partial charge in [-0.3, -0.25) is 4.79 Å². The van der Waals surface area contributed by atoms with E-state index < -0.39 is 11.7 Å². The van der Waals surface area contributed by atoms with Gasteiger partial charge in [-0.2, -0.15) is 0 Å². The summed E-state index contributed by atoms with van der Waals surface area (Å²) in [6.07, 6.45) is 0. The van der Waals surface area contributed by atoms with Crippen molar-refractivity contribution in [2.24, 2.45) is 0 Å². The number of nitrogens with one attached hydrogen (secondary N) is 1. The molecule has 0 unspecified atom stereocenters. The Hall–Kier alpha value is -2.27. The summed E-state index contributed by atoms with van der Waals surface area (Å²) in [6.45, 7) is 0. The minimum Gasteiger partial charge on any atom is -0.507 e. The highest BCUT2D eigenvalue weighted by Crippen LogP contribution is 2.24. The van der Waals surface area contributed by atoms with Gasteiger partial charge in [0.25, 0.3) is 5.91 Å². The molecule has 2 aromatic carbocycles. The van der Waals surface area contributed by atoms with E-state index in [2.05, 4.69) is 5.32 Å². The molecule has 20 heavy (non-hydrogen) atoms. The average molecular weight is 296 g/mol. The van der Waals surface area contributed by atoms with Crippen LogP contribution in [0.1, 0.15) is 10.4 Å². The zero-order valence-electron chi connectivity index (χ0n) is 10.5. The van der Waals surface area contributed by atoms with E-state index in [0.717, 1.165) is 6.07 Å². The van der Waals surface area contributed by atoms with Gasteiger partial charge in [0.1, 0.15) is 5.75 Å². The Balaban J connectivity index is 2.21. The number of ether oxygens (including phenoxy) is 1. The molecule has 6 heteroatoms. The van der Waals surface area contributed by atoms with Crippen molar-refractivity contribution >= 4 is 23.2 Å². The third-order valence-electron chi connectivity index (χ3n) is 2.61. The number of carbonyl (C=O) groups excluding carboxylic acids is 1. The van der Waals surface area contributed by atoms with E-state index in [4.69, 9.17) is 16.3 Å². The van der Waals surface area contributed by atoms with Crippen LogP contribution in [0.3, 0.4) is 0 Å². The zero-order valence-corrected chi connectivity index (χ0v) is 11.2. The number of amides is 1. The number of phenolic OH excluding ortho intramolecular Hbond substituents is 1. The molecule has 0 bridgehead atoms. The number of benzene rings is 2. The summed E-state index contributed by atoms with van der Waals surface area (Å²) in [4.78, 5) is 11.9. The first-order chi connectivity index (χ1) is 9.51. The maximum Gasteiger partial charge on any atom is 0.259 e. The topological polar surface area (TPSA) is 58.6 Å².